The fraction of sp³-hybridized carbons (Fsp3) is 0.462. The highest BCUT2D eigenvalue weighted by atomic mass is 79.9. The van der Waals surface area contributed by atoms with Crippen molar-refractivity contribution >= 4 is 32.1 Å². The number of hydrogen-bond acceptors (Lipinski definition) is 4. The van der Waals surface area contributed by atoms with Crippen molar-refractivity contribution in [2.24, 2.45) is 0 Å². The Morgan fingerprint density at radius 3 is 2.71 bits per heavy atom. The van der Waals surface area contributed by atoms with E-state index in [1.807, 2.05) is 12.1 Å². The Morgan fingerprint density at radius 1 is 1.48 bits per heavy atom. The van der Waals surface area contributed by atoms with Crippen molar-refractivity contribution in [2.75, 3.05) is 20.2 Å². The van der Waals surface area contributed by atoms with E-state index in [1.54, 1.807) is 13.2 Å². The number of benzene rings is 1. The standard InChI is InChI=1S/C13H15BrFNO4S/c1-20-12-3-2-9(6-11(12)14)4-5-16-8-10(7-13(16)17)21(15,18)19/h2-3,6,10H,4-5,7-8H2,1H3. The third-order valence-corrected chi connectivity index (χ3v) is 5.20. The molecule has 2 rings (SSSR count). The molecule has 0 bridgehead atoms. The minimum absolute atomic E-state index is 0.0744. The summed E-state index contributed by atoms with van der Waals surface area (Å²) in [5.41, 5.74) is 0.974. The third kappa shape index (κ3) is 3.94. The molecule has 1 atom stereocenters. The molecule has 0 radical (unpaired) electrons. The van der Waals surface area contributed by atoms with Crippen LogP contribution in [0.15, 0.2) is 22.7 Å². The van der Waals surface area contributed by atoms with Gasteiger partial charge in [0, 0.05) is 19.5 Å². The Balaban J connectivity index is 1.97. The number of rotatable bonds is 5. The van der Waals surface area contributed by atoms with Crippen molar-refractivity contribution in [3.63, 3.8) is 0 Å². The van der Waals surface area contributed by atoms with E-state index >= 15 is 0 Å². The number of methoxy groups -OCH3 is 1. The van der Waals surface area contributed by atoms with E-state index in [9.17, 15) is 17.1 Å². The van der Waals surface area contributed by atoms with Crippen molar-refractivity contribution in [1.82, 2.24) is 4.90 Å². The minimum atomic E-state index is -4.65. The van der Waals surface area contributed by atoms with Gasteiger partial charge in [0.15, 0.2) is 0 Å². The van der Waals surface area contributed by atoms with E-state index in [1.165, 1.54) is 4.90 Å². The summed E-state index contributed by atoms with van der Waals surface area (Å²) in [6.45, 7) is 0.290. The summed E-state index contributed by atoms with van der Waals surface area (Å²) < 4.78 is 40.5. The van der Waals surface area contributed by atoms with Crippen LogP contribution in [0.2, 0.25) is 0 Å². The van der Waals surface area contributed by atoms with Gasteiger partial charge in [-0.1, -0.05) is 6.07 Å². The molecule has 0 spiro atoms. The Labute approximate surface area is 131 Å². The summed E-state index contributed by atoms with van der Waals surface area (Å²) in [4.78, 5) is 13.1. The summed E-state index contributed by atoms with van der Waals surface area (Å²) in [7, 11) is -3.08. The molecule has 1 heterocycles. The largest absolute Gasteiger partial charge is 0.496 e. The smallest absolute Gasteiger partial charge is 0.307 e. The van der Waals surface area contributed by atoms with E-state index in [2.05, 4.69) is 15.9 Å². The van der Waals surface area contributed by atoms with E-state index in [0.717, 1.165) is 10.0 Å². The van der Waals surface area contributed by atoms with Gasteiger partial charge in [-0.25, -0.2) is 0 Å². The second-order valence-corrected chi connectivity index (χ2v) is 7.33. The Morgan fingerprint density at radius 2 is 2.19 bits per heavy atom. The summed E-state index contributed by atoms with van der Waals surface area (Å²) in [5.74, 6) is 0.383. The lowest BCUT2D eigenvalue weighted by Crippen LogP contribution is -2.29. The zero-order valence-electron chi connectivity index (χ0n) is 11.4. The van der Waals surface area contributed by atoms with Gasteiger partial charge in [-0.3, -0.25) is 4.79 Å². The van der Waals surface area contributed by atoms with Crippen molar-refractivity contribution in [3.8, 4) is 5.75 Å². The van der Waals surface area contributed by atoms with Gasteiger partial charge in [0.1, 0.15) is 11.0 Å². The second-order valence-electron chi connectivity index (χ2n) is 4.86. The second kappa shape index (κ2) is 6.31. The molecule has 1 fully saturated rings. The molecule has 0 N–H and O–H groups in total. The molecule has 5 nitrogen and oxygen atoms in total. The van der Waals surface area contributed by atoms with E-state index in [-0.39, 0.29) is 18.9 Å². The van der Waals surface area contributed by atoms with Gasteiger partial charge in [0.2, 0.25) is 5.91 Å². The molecule has 1 saturated heterocycles. The highest BCUT2D eigenvalue weighted by molar-refractivity contribution is 9.10. The number of hydrogen-bond donors (Lipinski definition) is 0. The van der Waals surface area contributed by atoms with Crippen LogP contribution in [0, 0.1) is 0 Å². The zero-order chi connectivity index (χ0) is 15.6. The number of carbonyl (C=O) groups is 1. The number of carbonyl (C=O) groups excluding carboxylic acids is 1. The molecular formula is C13H15BrFNO4S. The molecule has 8 heteroatoms. The Kier molecular flexibility index (Phi) is 4.88. The predicted octanol–water partition coefficient (Wildman–Crippen LogP) is 1.90. The van der Waals surface area contributed by atoms with Crippen LogP contribution in [0.1, 0.15) is 12.0 Å². The van der Waals surface area contributed by atoms with Crippen molar-refractivity contribution in [1.29, 1.82) is 0 Å². The van der Waals surface area contributed by atoms with Gasteiger partial charge in [0.25, 0.3) is 0 Å². The third-order valence-electron chi connectivity index (χ3n) is 3.46. The maximum Gasteiger partial charge on any atom is 0.307 e. The molecule has 1 aromatic carbocycles. The Bertz CT molecular complexity index is 650. The highest BCUT2D eigenvalue weighted by Crippen LogP contribution is 2.26. The summed E-state index contributed by atoms with van der Waals surface area (Å²) in [5, 5.41) is -1.23. The highest BCUT2D eigenvalue weighted by Gasteiger charge is 2.37. The van der Waals surface area contributed by atoms with Crippen molar-refractivity contribution in [2.45, 2.75) is 18.1 Å². The van der Waals surface area contributed by atoms with Crippen LogP contribution in [0.4, 0.5) is 3.89 Å². The van der Waals surface area contributed by atoms with Crippen LogP contribution >= 0.6 is 15.9 Å². The van der Waals surface area contributed by atoms with E-state index in [0.29, 0.717) is 18.7 Å². The van der Waals surface area contributed by atoms with E-state index < -0.39 is 15.5 Å². The van der Waals surface area contributed by atoms with Gasteiger partial charge in [0.05, 0.1) is 11.6 Å². The average Bonchev–Trinajstić information content (AvgIpc) is 2.78. The summed E-state index contributed by atoms with van der Waals surface area (Å²) >= 11 is 3.37. The topological polar surface area (TPSA) is 63.7 Å². The lowest BCUT2D eigenvalue weighted by molar-refractivity contribution is -0.127. The fourth-order valence-corrected chi connectivity index (χ4v) is 3.56. The Hall–Kier alpha value is -1.15. The van der Waals surface area contributed by atoms with Gasteiger partial charge in [-0.2, -0.15) is 8.42 Å². The SMILES string of the molecule is COc1ccc(CCN2CC(S(=O)(=O)F)CC2=O)cc1Br. The lowest BCUT2D eigenvalue weighted by atomic mass is 10.1. The number of likely N-dealkylation sites (tertiary alicyclic amines) is 1. The molecule has 1 aliphatic rings. The monoisotopic (exact) mass is 379 g/mol. The number of ether oxygens (including phenoxy) is 1. The number of nitrogens with zero attached hydrogens (tertiary/aromatic N) is 1. The summed E-state index contributed by atoms with van der Waals surface area (Å²) in [6, 6.07) is 5.55. The summed E-state index contributed by atoms with van der Waals surface area (Å²) in [6.07, 6.45) is 0.290. The van der Waals surface area contributed by atoms with Crippen LogP contribution in [0.25, 0.3) is 0 Å². The fourth-order valence-electron chi connectivity index (χ4n) is 2.27. The first-order valence-corrected chi connectivity index (χ1v) is 8.59. The van der Waals surface area contributed by atoms with E-state index in [4.69, 9.17) is 4.74 Å². The van der Waals surface area contributed by atoms with Crippen molar-refractivity contribution in [3.05, 3.63) is 28.2 Å². The number of halogens is 2. The van der Waals surface area contributed by atoms with Crippen LogP contribution in [-0.2, 0) is 21.4 Å². The first-order chi connectivity index (χ1) is 9.81. The predicted molar refractivity (Wildman–Crippen MR) is 79.4 cm³/mol. The first-order valence-electron chi connectivity index (χ1n) is 6.35. The quantitative estimate of drug-likeness (QED) is 0.732. The maximum atomic E-state index is 12.9. The molecule has 116 valence electrons. The van der Waals surface area contributed by atoms with Gasteiger partial charge >= 0.3 is 10.2 Å². The molecule has 1 amide bonds. The van der Waals surface area contributed by atoms with Crippen LogP contribution in [-0.4, -0.2) is 44.7 Å². The molecule has 21 heavy (non-hydrogen) atoms. The van der Waals surface area contributed by atoms with Gasteiger partial charge in [-0.05, 0) is 40.0 Å². The number of amides is 1. The average molecular weight is 380 g/mol. The minimum Gasteiger partial charge on any atom is -0.496 e. The molecule has 1 aromatic rings. The molecule has 0 aliphatic carbocycles. The maximum absolute atomic E-state index is 12.9. The normalized spacial score (nSPS) is 19.1. The molecule has 1 aliphatic heterocycles. The molecule has 0 aromatic heterocycles. The van der Waals surface area contributed by atoms with Crippen molar-refractivity contribution < 1.29 is 21.8 Å². The van der Waals surface area contributed by atoms with Crippen LogP contribution in [0.5, 0.6) is 5.75 Å². The molecular weight excluding hydrogens is 365 g/mol. The van der Waals surface area contributed by atoms with Crippen LogP contribution < -0.4 is 4.74 Å². The van der Waals surface area contributed by atoms with Gasteiger partial charge in [-0.15, -0.1) is 3.89 Å². The van der Waals surface area contributed by atoms with Gasteiger partial charge < -0.3 is 9.64 Å². The molecule has 0 saturated carbocycles. The first kappa shape index (κ1) is 16.2. The molecule has 1 unspecified atom stereocenters. The zero-order valence-corrected chi connectivity index (χ0v) is 13.8. The van der Waals surface area contributed by atoms with Crippen LogP contribution in [0.3, 0.4) is 0 Å². The lowest BCUT2D eigenvalue weighted by Gasteiger charge is -2.16.